The van der Waals surface area contributed by atoms with Crippen molar-refractivity contribution >= 4 is 5.69 Å². The van der Waals surface area contributed by atoms with Crippen LogP contribution in [0.1, 0.15) is 25.5 Å². The van der Waals surface area contributed by atoms with E-state index >= 15 is 0 Å². The zero-order chi connectivity index (χ0) is 13.3. The molecule has 1 aliphatic rings. The largest absolute Gasteiger partial charge is 0.389 e. The second-order valence-corrected chi connectivity index (χ2v) is 5.15. The lowest BCUT2D eigenvalue weighted by Gasteiger charge is -2.40. The van der Waals surface area contributed by atoms with E-state index in [1.807, 2.05) is 0 Å². The first-order valence-electron chi connectivity index (χ1n) is 6.41. The maximum atomic E-state index is 13.3. The third-order valence-corrected chi connectivity index (χ3v) is 3.74. The molecule has 0 spiro atoms. The van der Waals surface area contributed by atoms with Crippen LogP contribution in [0.2, 0.25) is 0 Å². The molecule has 1 saturated heterocycles. The fourth-order valence-electron chi connectivity index (χ4n) is 2.42. The quantitative estimate of drug-likeness (QED) is 0.872. The molecule has 100 valence electrons. The summed E-state index contributed by atoms with van der Waals surface area (Å²) in [4.78, 5) is 4.54. The van der Waals surface area contributed by atoms with Gasteiger partial charge in [0, 0.05) is 36.9 Å². The minimum absolute atomic E-state index is 0.295. The molecular weight excluding hydrogens is 231 g/mol. The van der Waals surface area contributed by atoms with E-state index in [-0.39, 0.29) is 5.82 Å². The van der Waals surface area contributed by atoms with Gasteiger partial charge in [0.05, 0.1) is 6.10 Å². The Hall–Kier alpha value is -1.13. The van der Waals surface area contributed by atoms with Crippen LogP contribution in [-0.2, 0) is 0 Å². The number of likely N-dealkylation sites (N-methyl/N-ethyl adjacent to an activating group) is 1. The van der Waals surface area contributed by atoms with Gasteiger partial charge in [-0.3, -0.25) is 0 Å². The number of hydrogen-bond donors (Lipinski definition) is 1. The van der Waals surface area contributed by atoms with Crippen LogP contribution < -0.4 is 4.90 Å². The Bertz CT molecular complexity index is 422. The van der Waals surface area contributed by atoms with Gasteiger partial charge in [-0.1, -0.05) is 0 Å². The van der Waals surface area contributed by atoms with Crippen molar-refractivity contribution in [1.82, 2.24) is 4.90 Å². The molecule has 18 heavy (non-hydrogen) atoms. The van der Waals surface area contributed by atoms with Gasteiger partial charge in [0.2, 0.25) is 0 Å². The van der Waals surface area contributed by atoms with E-state index in [1.54, 1.807) is 13.0 Å². The Morgan fingerprint density at radius 3 is 2.72 bits per heavy atom. The zero-order valence-electron chi connectivity index (χ0n) is 11.2. The Kier molecular flexibility index (Phi) is 3.88. The summed E-state index contributed by atoms with van der Waals surface area (Å²) >= 11 is 0. The Balaban J connectivity index is 2.28. The molecule has 0 amide bonds. The molecule has 0 radical (unpaired) electrons. The van der Waals surface area contributed by atoms with E-state index in [0.29, 0.717) is 11.6 Å². The predicted octanol–water partition coefficient (Wildman–Crippen LogP) is 2.02. The molecule has 1 heterocycles. The molecule has 1 N–H and O–H groups in total. The second-order valence-electron chi connectivity index (χ2n) is 5.15. The van der Waals surface area contributed by atoms with Gasteiger partial charge in [-0.2, -0.15) is 0 Å². The number of benzene rings is 1. The van der Waals surface area contributed by atoms with Gasteiger partial charge >= 0.3 is 0 Å². The molecule has 4 heteroatoms. The summed E-state index contributed by atoms with van der Waals surface area (Å²) in [6, 6.07) is 5.13. The molecule has 2 rings (SSSR count). The van der Waals surface area contributed by atoms with Gasteiger partial charge in [-0.15, -0.1) is 0 Å². The number of halogens is 1. The standard InChI is InChI=1S/C14H21FN2O/c1-10-9-17(7-6-16(10)3)14-5-4-12(15)8-13(14)11(2)18/h4-5,8,10-11,18H,6-7,9H2,1-3H3/t10?,11-/m0/s1. The highest BCUT2D eigenvalue weighted by Gasteiger charge is 2.23. The highest BCUT2D eigenvalue weighted by atomic mass is 19.1. The van der Waals surface area contributed by atoms with E-state index < -0.39 is 6.10 Å². The van der Waals surface area contributed by atoms with Gasteiger partial charge < -0.3 is 14.9 Å². The molecule has 1 aliphatic heterocycles. The minimum Gasteiger partial charge on any atom is -0.389 e. The summed E-state index contributed by atoms with van der Waals surface area (Å²) in [5, 5.41) is 9.77. The first-order chi connectivity index (χ1) is 8.49. The summed E-state index contributed by atoms with van der Waals surface area (Å²) in [6.07, 6.45) is -0.648. The zero-order valence-corrected chi connectivity index (χ0v) is 11.2. The third-order valence-electron chi connectivity index (χ3n) is 3.74. The van der Waals surface area contributed by atoms with Gasteiger partial charge in [-0.05, 0) is 39.1 Å². The number of aliphatic hydroxyl groups excluding tert-OH is 1. The normalized spacial score (nSPS) is 23.2. The minimum atomic E-state index is -0.648. The summed E-state index contributed by atoms with van der Waals surface area (Å²) in [7, 11) is 2.11. The van der Waals surface area contributed by atoms with Crippen molar-refractivity contribution in [3.63, 3.8) is 0 Å². The Morgan fingerprint density at radius 2 is 2.11 bits per heavy atom. The molecule has 1 fully saturated rings. The third kappa shape index (κ3) is 2.65. The number of hydrogen-bond acceptors (Lipinski definition) is 3. The highest BCUT2D eigenvalue weighted by molar-refractivity contribution is 5.55. The predicted molar refractivity (Wildman–Crippen MR) is 71.3 cm³/mol. The van der Waals surface area contributed by atoms with Gasteiger partial charge in [0.1, 0.15) is 5.82 Å². The molecule has 3 nitrogen and oxygen atoms in total. The Labute approximate surface area is 108 Å². The highest BCUT2D eigenvalue weighted by Crippen LogP contribution is 2.28. The SMILES string of the molecule is CC1CN(c2ccc(F)cc2[C@H](C)O)CCN1C. The van der Waals surface area contributed by atoms with E-state index in [4.69, 9.17) is 0 Å². The number of anilines is 1. The van der Waals surface area contributed by atoms with Gasteiger partial charge in [0.15, 0.2) is 0 Å². The lowest BCUT2D eigenvalue weighted by Crippen LogP contribution is -2.50. The fraction of sp³-hybridized carbons (Fsp3) is 0.571. The van der Waals surface area contributed by atoms with E-state index in [0.717, 1.165) is 25.3 Å². The average Bonchev–Trinajstić information content (AvgIpc) is 2.32. The van der Waals surface area contributed by atoms with Crippen molar-refractivity contribution in [3.8, 4) is 0 Å². The van der Waals surface area contributed by atoms with Crippen LogP contribution in [-0.4, -0.2) is 42.7 Å². The maximum Gasteiger partial charge on any atom is 0.123 e. The molecular formula is C14H21FN2O. The van der Waals surface area contributed by atoms with Crippen LogP contribution in [0, 0.1) is 5.82 Å². The van der Waals surface area contributed by atoms with E-state index in [1.165, 1.54) is 12.1 Å². The van der Waals surface area contributed by atoms with Gasteiger partial charge in [0.25, 0.3) is 0 Å². The number of nitrogens with zero attached hydrogens (tertiary/aromatic N) is 2. The van der Waals surface area contributed by atoms with Crippen LogP contribution in [0.3, 0.4) is 0 Å². The fourth-order valence-corrected chi connectivity index (χ4v) is 2.42. The smallest absolute Gasteiger partial charge is 0.123 e. The molecule has 1 unspecified atom stereocenters. The molecule has 0 saturated carbocycles. The van der Waals surface area contributed by atoms with Crippen LogP contribution in [0.15, 0.2) is 18.2 Å². The monoisotopic (exact) mass is 252 g/mol. The topological polar surface area (TPSA) is 26.7 Å². The van der Waals surface area contributed by atoms with Crippen LogP contribution >= 0.6 is 0 Å². The number of aliphatic hydroxyl groups is 1. The van der Waals surface area contributed by atoms with Crippen molar-refractivity contribution in [2.24, 2.45) is 0 Å². The average molecular weight is 252 g/mol. The van der Waals surface area contributed by atoms with Crippen molar-refractivity contribution in [2.75, 3.05) is 31.6 Å². The Morgan fingerprint density at radius 1 is 1.39 bits per heavy atom. The van der Waals surface area contributed by atoms with Crippen LogP contribution in [0.5, 0.6) is 0 Å². The first-order valence-corrected chi connectivity index (χ1v) is 6.41. The van der Waals surface area contributed by atoms with Crippen molar-refractivity contribution in [1.29, 1.82) is 0 Å². The van der Waals surface area contributed by atoms with Crippen LogP contribution in [0.4, 0.5) is 10.1 Å². The maximum absolute atomic E-state index is 13.3. The molecule has 0 bridgehead atoms. The molecule has 0 aromatic heterocycles. The summed E-state index contributed by atoms with van der Waals surface area (Å²) < 4.78 is 13.3. The molecule has 2 atom stereocenters. The summed E-state index contributed by atoms with van der Waals surface area (Å²) in [5.41, 5.74) is 1.62. The summed E-state index contributed by atoms with van der Waals surface area (Å²) in [5.74, 6) is -0.295. The molecule has 1 aromatic carbocycles. The first kappa shape index (κ1) is 13.3. The molecule has 0 aliphatic carbocycles. The lowest BCUT2D eigenvalue weighted by atomic mass is 10.1. The van der Waals surface area contributed by atoms with Gasteiger partial charge in [-0.25, -0.2) is 4.39 Å². The van der Waals surface area contributed by atoms with Crippen molar-refractivity contribution < 1.29 is 9.50 Å². The lowest BCUT2D eigenvalue weighted by molar-refractivity contribution is 0.197. The van der Waals surface area contributed by atoms with E-state index in [9.17, 15) is 9.50 Å². The van der Waals surface area contributed by atoms with Crippen molar-refractivity contribution in [2.45, 2.75) is 26.0 Å². The van der Waals surface area contributed by atoms with Crippen molar-refractivity contribution in [3.05, 3.63) is 29.6 Å². The summed E-state index contributed by atoms with van der Waals surface area (Å²) in [6.45, 7) is 6.65. The second kappa shape index (κ2) is 5.24. The molecule has 1 aromatic rings. The number of piperazine rings is 1. The van der Waals surface area contributed by atoms with Crippen LogP contribution in [0.25, 0.3) is 0 Å². The van der Waals surface area contributed by atoms with E-state index in [2.05, 4.69) is 23.8 Å². The number of rotatable bonds is 2.